The molecule has 5 rings (SSSR count). The van der Waals surface area contributed by atoms with Crippen molar-refractivity contribution in [2.24, 2.45) is 0 Å². The highest BCUT2D eigenvalue weighted by Crippen LogP contribution is 2.32. The van der Waals surface area contributed by atoms with Crippen molar-refractivity contribution in [3.05, 3.63) is 48.5 Å². The zero-order chi connectivity index (χ0) is 18.1. The second-order valence-corrected chi connectivity index (χ2v) is 6.78. The summed E-state index contributed by atoms with van der Waals surface area (Å²) < 4.78 is 13.4. The van der Waals surface area contributed by atoms with Crippen LogP contribution in [0, 0.1) is 0 Å². The standard InChI is InChI=1S/C20H21N5O2/c1-4-17(16-6-10-27-18(16)5-1)25-8-7-21-19(25)14-11-22-20(23-12-14)24-13-15-3-2-9-26-15/h1,4-5,7-8,11-12,15H,2-3,6,9-10,13H2,(H,22,23,24). The van der Waals surface area contributed by atoms with Crippen LogP contribution in [0.25, 0.3) is 17.1 Å². The molecule has 2 aliphatic rings. The lowest BCUT2D eigenvalue weighted by atomic mass is 10.1. The van der Waals surface area contributed by atoms with Crippen LogP contribution in [-0.4, -0.2) is 45.4 Å². The minimum atomic E-state index is 0.259. The van der Waals surface area contributed by atoms with E-state index in [4.69, 9.17) is 9.47 Å². The summed E-state index contributed by atoms with van der Waals surface area (Å²) in [7, 11) is 0. The Bertz CT molecular complexity index is 932. The van der Waals surface area contributed by atoms with Crippen LogP contribution in [0.2, 0.25) is 0 Å². The molecule has 1 fully saturated rings. The van der Waals surface area contributed by atoms with Gasteiger partial charge in [-0.25, -0.2) is 15.0 Å². The average Bonchev–Trinajstić information content (AvgIpc) is 3.47. The number of fused-ring (bicyclic) bond motifs is 1. The smallest absolute Gasteiger partial charge is 0.222 e. The Hall–Kier alpha value is -2.93. The molecule has 2 aromatic heterocycles. The maximum atomic E-state index is 5.69. The number of hydrogen-bond acceptors (Lipinski definition) is 6. The lowest BCUT2D eigenvalue weighted by molar-refractivity contribution is 0.120. The predicted molar refractivity (Wildman–Crippen MR) is 101 cm³/mol. The molecule has 0 amide bonds. The van der Waals surface area contributed by atoms with Crippen LogP contribution in [0.5, 0.6) is 5.75 Å². The zero-order valence-electron chi connectivity index (χ0n) is 15.0. The highest BCUT2D eigenvalue weighted by molar-refractivity contribution is 5.61. The summed E-state index contributed by atoms with van der Waals surface area (Å²) in [6, 6.07) is 6.12. The number of rotatable bonds is 5. The van der Waals surface area contributed by atoms with Gasteiger partial charge < -0.3 is 14.8 Å². The maximum Gasteiger partial charge on any atom is 0.222 e. The first-order chi connectivity index (χ1) is 13.4. The van der Waals surface area contributed by atoms with E-state index in [1.807, 2.05) is 30.7 Å². The van der Waals surface area contributed by atoms with Gasteiger partial charge in [0, 0.05) is 49.9 Å². The third kappa shape index (κ3) is 3.14. The van der Waals surface area contributed by atoms with Gasteiger partial charge in [-0.1, -0.05) is 6.07 Å². The summed E-state index contributed by atoms with van der Waals surface area (Å²) in [4.78, 5) is 13.4. The normalized spacial score (nSPS) is 18.3. The number of benzene rings is 1. The van der Waals surface area contributed by atoms with Crippen molar-refractivity contribution < 1.29 is 9.47 Å². The highest BCUT2D eigenvalue weighted by atomic mass is 16.5. The molecule has 0 saturated carbocycles. The quantitative estimate of drug-likeness (QED) is 0.751. The van der Waals surface area contributed by atoms with E-state index in [0.717, 1.165) is 61.8 Å². The molecule has 0 spiro atoms. The number of imidazole rings is 1. The summed E-state index contributed by atoms with van der Waals surface area (Å²) in [5.74, 6) is 2.39. The zero-order valence-corrected chi connectivity index (χ0v) is 15.0. The Morgan fingerprint density at radius 2 is 2.07 bits per heavy atom. The minimum Gasteiger partial charge on any atom is -0.493 e. The lowest BCUT2D eigenvalue weighted by Crippen LogP contribution is -2.19. The minimum absolute atomic E-state index is 0.259. The third-order valence-electron chi connectivity index (χ3n) is 5.04. The van der Waals surface area contributed by atoms with Gasteiger partial charge in [0.2, 0.25) is 5.95 Å². The van der Waals surface area contributed by atoms with Crippen molar-refractivity contribution in [2.45, 2.75) is 25.4 Å². The van der Waals surface area contributed by atoms with Crippen LogP contribution in [0.3, 0.4) is 0 Å². The van der Waals surface area contributed by atoms with Gasteiger partial charge in [0.25, 0.3) is 0 Å². The van der Waals surface area contributed by atoms with Crippen LogP contribution in [-0.2, 0) is 11.2 Å². The second kappa shape index (κ2) is 7.00. The van der Waals surface area contributed by atoms with E-state index in [0.29, 0.717) is 5.95 Å². The van der Waals surface area contributed by atoms with Gasteiger partial charge >= 0.3 is 0 Å². The van der Waals surface area contributed by atoms with Crippen molar-refractivity contribution in [2.75, 3.05) is 25.1 Å². The van der Waals surface area contributed by atoms with Crippen LogP contribution < -0.4 is 10.1 Å². The molecule has 7 heteroatoms. The Labute approximate surface area is 157 Å². The molecule has 1 saturated heterocycles. The van der Waals surface area contributed by atoms with Crippen LogP contribution in [0.1, 0.15) is 18.4 Å². The van der Waals surface area contributed by atoms with E-state index in [1.165, 1.54) is 5.56 Å². The molecule has 27 heavy (non-hydrogen) atoms. The fourth-order valence-electron chi connectivity index (χ4n) is 3.69. The van der Waals surface area contributed by atoms with Gasteiger partial charge in [-0.05, 0) is 25.0 Å². The summed E-state index contributed by atoms with van der Waals surface area (Å²) in [6.07, 6.45) is 10.8. The number of nitrogens with one attached hydrogen (secondary N) is 1. The van der Waals surface area contributed by atoms with Crippen LogP contribution in [0.4, 0.5) is 5.95 Å². The average molecular weight is 363 g/mol. The molecular weight excluding hydrogens is 342 g/mol. The van der Waals surface area contributed by atoms with E-state index >= 15 is 0 Å². The van der Waals surface area contributed by atoms with Crippen LogP contribution >= 0.6 is 0 Å². The van der Waals surface area contributed by atoms with Gasteiger partial charge in [-0.15, -0.1) is 0 Å². The molecule has 1 atom stereocenters. The number of nitrogens with zero attached hydrogens (tertiary/aromatic N) is 4. The van der Waals surface area contributed by atoms with E-state index in [2.05, 4.69) is 30.9 Å². The Kier molecular flexibility index (Phi) is 4.21. The van der Waals surface area contributed by atoms with E-state index in [-0.39, 0.29) is 6.10 Å². The SMILES string of the molecule is c1cc2c(c(-n3ccnc3-c3cnc(NCC4CCCO4)nc3)c1)CCO2. The molecule has 1 unspecified atom stereocenters. The fourth-order valence-corrected chi connectivity index (χ4v) is 3.69. The Morgan fingerprint density at radius 3 is 2.93 bits per heavy atom. The molecule has 1 N–H and O–H groups in total. The second-order valence-electron chi connectivity index (χ2n) is 6.78. The monoisotopic (exact) mass is 363 g/mol. The summed E-state index contributed by atoms with van der Waals surface area (Å²) in [6.45, 7) is 2.32. The summed E-state index contributed by atoms with van der Waals surface area (Å²) >= 11 is 0. The fraction of sp³-hybridized carbons (Fsp3) is 0.350. The van der Waals surface area contributed by atoms with Crippen molar-refractivity contribution in [1.82, 2.24) is 19.5 Å². The van der Waals surface area contributed by atoms with Crippen molar-refractivity contribution >= 4 is 5.95 Å². The first-order valence-corrected chi connectivity index (χ1v) is 9.35. The van der Waals surface area contributed by atoms with E-state index in [1.54, 1.807) is 6.20 Å². The van der Waals surface area contributed by atoms with Gasteiger partial charge in [-0.3, -0.25) is 4.57 Å². The number of ether oxygens (including phenoxy) is 2. The number of aromatic nitrogens is 4. The molecule has 7 nitrogen and oxygen atoms in total. The topological polar surface area (TPSA) is 74.1 Å². The molecule has 0 radical (unpaired) electrons. The lowest BCUT2D eigenvalue weighted by Gasteiger charge is -2.12. The highest BCUT2D eigenvalue weighted by Gasteiger charge is 2.19. The van der Waals surface area contributed by atoms with Gasteiger partial charge in [0.1, 0.15) is 11.6 Å². The van der Waals surface area contributed by atoms with Gasteiger partial charge in [0.05, 0.1) is 24.0 Å². The Balaban J connectivity index is 1.38. The van der Waals surface area contributed by atoms with E-state index in [9.17, 15) is 0 Å². The largest absolute Gasteiger partial charge is 0.493 e. The molecule has 0 bridgehead atoms. The molecule has 4 heterocycles. The molecule has 0 aliphatic carbocycles. The molecule has 1 aromatic carbocycles. The first kappa shape index (κ1) is 16.3. The first-order valence-electron chi connectivity index (χ1n) is 9.35. The van der Waals surface area contributed by atoms with Crippen molar-refractivity contribution in [3.8, 4) is 22.8 Å². The van der Waals surface area contributed by atoms with Gasteiger partial charge in [0.15, 0.2) is 0 Å². The van der Waals surface area contributed by atoms with E-state index < -0.39 is 0 Å². The molecule has 3 aromatic rings. The predicted octanol–water partition coefficient (Wildman–Crippen LogP) is 2.86. The summed E-state index contributed by atoms with van der Waals surface area (Å²) in [5, 5.41) is 3.25. The molecule has 138 valence electrons. The summed E-state index contributed by atoms with van der Waals surface area (Å²) in [5.41, 5.74) is 3.18. The Morgan fingerprint density at radius 1 is 1.15 bits per heavy atom. The van der Waals surface area contributed by atoms with Crippen molar-refractivity contribution in [1.29, 1.82) is 0 Å². The molecule has 2 aliphatic heterocycles. The number of anilines is 1. The van der Waals surface area contributed by atoms with Crippen molar-refractivity contribution in [3.63, 3.8) is 0 Å². The number of hydrogen-bond donors (Lipinski definition) is 1. The third-order valence-corrected chi connectivity index (χ3v) is 5.04. The maximum absolute atomic E-state index is 5.69. The van der Waals surface area contributed by atoms with Crippen LogP contribution in [0.15, 0.2) is 43.0 Å². The molecular formula is C20H21N5O2. The van der Waals surface area contributed by atoms with Gasteiger partial charge in [-0.2, -0.15) is 0 Å².